The minimum atomic E-state index is -2.67. The molecule has 1 saturated carbocycles. The summed E-state index contributed by atoms with van der Waals surface area (Å²) in [6.07, 6.45) is -4.86. The largest absolute Gasteiger partial charge is 0.416 e. The average molecular weight is 378 g/mol. The summed E-state index contributed by atoms with van der Waals surface area (Å²) in [6, 6.07) is 5.96. The third kappa shape index (κ3) is 3.44. The minimum absolute atomic E-state index is 0.0171. The van der Waals surface area contributed by atoms with Gasteiger partial charge in [-0.05, 0) is 36.9 Å². The highest BCUT2D eigenvalue weighted by atomic mass is 32.1. The van der Waals surface area contributed by atoms with Crippen LogP contribution in [0.3, 0.4) is 0 Å². The Morgan fingerprint density at radius 1 is 1.42 bits per heavy atom. The summed E-state index contributed by atoms with van der Waals surface area (Å²) in [4.78, 5) is 27.3. The van der Waals surface area contributed by atoms with Gasteiger partial charge in [0.2, 0.25) is 0 Å². The van der Waals surface area contributed by atoms with Crippen LogP contribution in [-0.2, 0) is 22.6 Å². The van der Waals surface area contributed by atoms with E-state index in [1.54, 1.807) is 17.0 Å². The van der Waals surface area contributed by atoms with Crippen LogP contribution in [0.5, 0.6) is 5.06 Å². The number of rotatable bonds is 5. The normalized spacial score (nSPS) is 26.2. The highest BCUT2D eigenvalue weighted by Gasteiger charge is 2.40. The maximum Gasteiger partial charge on any atom is 0.308 e. The van der Waals surface area contributed by atoms with Crippen LogP contribution in [0.15, 0.2) is 30.3 Å². The predicted octanol–water partition coefficient (Wildman–Crippen LogP) is 3.89. The fourth-order valence-corrected chi connectivity index (χ4v) is 4.28. The molecule has 4 rings (SSSR count). The van der Waals surface area contributed by atoms with Crippen LogP contribution in [0, 0.1) is 11.7 Å². The lowest BCUT2D eigenvalue weighted by Gasteiger charge is -2.34. The van der Waals surface area contributed by atoms with Crippen molar-refractivity contribution in [2.75, 3.05) is 6.54 Å². The molecular weight excluding hydrogens is 353 g/mol. The molecule has 1 fully saturated rings. The number of fused-ring (bicyclic) bond motifs is 1. The lowest BCUT2D eigenvalue weighted by molar-refractivity contribution is -0.131. The second-order valence-corrected chi connectivity index (χ2v) is 7.34. The molecule has 0 radical (unpaired) electrons. The number of ether oxygens (including phenoxy) is 1. The monoisotopic (exact) mass is 378 g/mol. The van der Waals surface area contributed by atoms with Crippen LogP contribution >= 0.6 is 11.3 Å². The molecule has 1 atom stereocenters. The van der Waals surface area contributed by atoms with Gasteiger partial charge in [0.15, 0.2) is 10.8 Å². The number of ketones is 1. The molecule has 0 bridgehead atoms. The Hall–Kier alpha value is -2.05. The summed E-state index contributed by atoms with van der Waals surface area (Å²) in [5.41, 5.74) is 0.777. The number of benzene rings is 1. The first-order valence-electron chi connectivity index (χ1n) is 10.7. The summed E-state index contributed by atoms with van der Waals surface area (Å²) in [6.45, 7) is 1.81. The van der Waals surface area contributed by atoms with E-state index in [1.807, 2.05) is 0 Å². The van der Waals surface area contributed by atoms with E-state index >= 15 is 0 Å². The van der Waals surface area contributed by atoms with E-state index in [0.29, 0.717) is 18.0 Å². The van der Waals surface area contributed by atoms with Crippen LogP contribution in [-0.4, -0.2) is 23.2 Å². The molecule has 2 aliphatic rings. The Bertz CT molecular complexity index is 1060. The molecule has 6 heteroatoms. The lowest BCUT2D eigenvalue weighted by Crippen LogP contribution is -2.38. The molecule has 1 unspecified atom stereocenters. The van der Waals surface area contributed by atoms with Gasteiger partial charge in [-0.15, -0.1) is 11.3 Å². The molecule has 1 aromatic carbocycles. The van der Waals surface area contributed by atoms with Gasteiger partial charge in [-0.25, -0.2) is 4.39 Å². The highest BCUT2D eigenvalue weighted by Crippen LogP contribution is 2.41. The molecule has 0 saturated heterocycles. The topological polar surface area (TPSA) is 46.6 Å². The molecule has 2 heterocycles. The number of carbonyl (C=O) groups excluding carboxylic acids is 2. The number of thiophene rings is 1. The zero-order valence-corrected chi connectivity index (χ0v) is 14.9. The van der Waals surface area contributed by atoms with Crippen LogP contribution in [0.1, 0.15) is 48.6 Å². The Kier molecular flexibility index (Phi) is 3.29. The van der Waals surface area contributed by atoms with Crippen LogP contribution in [0.2, 0.25) is 0 Å². The highest BCUT2D eigenvalue weighted by molar-refractivity contribution is 7.14. The molecule has 1 aromatic heterocycles. The summed E-state index contributed by atoms with van der Waals surface area (Å²) < 4.78 is 59.7. The van der Waals surface area contributed by atoms with Crippen molar-refractivity contribution in [2.45, 2.75) is 38.7 Å². The molecule has 1 aliphatic heterocycles. The Balaban J connectivity index is 1.72. The third-order valence-electron chi connectivity index (χ3n) is 4.43. The van der Waals surface area contributed by atoms with Gasteiger partial charge in [-0.1, -0.05) is 18.2 Å². The summed E-state index contributed by atoms with van der Waals surface area (Å²) in [5, 5.41) is 0.417. The predicted molar refractivity (Wildman–Crippen MR) is 96.6 cm³/mol. The van der Waals surface area contributed by atoms with Gasteiger partial charge < -0.3 is 4.74 Å². The zero-order valence-electron chi connectivity index (χ0n) is 19.0. The van der Waals surface area contributed by atoms with E-state index < -0.39 is 42.3 Å². The molecule has 4 nitrogen and oxygen atoms in total. The molecule has 0 N–H and O–H groups in total. The van der Waals surface area contributed by atoms with E-state index in [4.69, 9.17) is 11.6 Å². The van der Waals surface area contributed by atoms with Crippen LogP contribution in [0.4, 0.5) is 4.39 Å². The second kappa shape index (κ2) is 6.93. The van der Waals surface area contributed by atoms with Crippen molar-refractivity contribution in [1.82, 2.24) is 4.90 Å². The number of nitrogens with zero attached hydrogens (tertiary/aromatic N) is 1. The van der Waals surface area contributed by atoms with E-state index in [-0.39, 0.29) is 12.1 Å². The number of halogens is 1. The van der Waals surface area contributed by atoms with Gasteiger partial charge in [-0.2, -0.15) is 0 Å². The molecule has 0 spiro atoms. The lowest BCUT2D eigenvalue weighted by atomic mass is 9.95. The number of hydrogen-bond donors (Lipinski definition) is 0. The van der Waals surface area contributed by atoms with E-state index in [1.165, 1.54) is 36.5 Å². The first kappa shape index (κ1) is 12.4. The van der Waals surface area contributed by atoms with E-state index in [0.717, 1.165) is 10.4 Å². The molecule has 0 amide bonds. The van der Waals surface area contributed by atoms with Crippen molar-refractivity contribution in [3.05, 3.63) is 52.2 Å². The molecule has 26 heavy (non-hydrogen) atoms. The third-order valence-corrected chi connectivity index (χ3v) is 5.54. The van der Waals surface area contributed by atoms with Crippen molar-refractivity contribution in [2.24, 2.45) is 5.89 Å². The summed E-state index contributed by atoms with van der Waals surface area (Å²) in [7, 11) is 0. The number of esters is 1. The zero-order chi connectivity index (χ0) is 22.8. The average Bonchev–Trinajstić information content (AvgIpc) is 2.97. The van der Waals surface area contributed by atoms with Gasteiger partial charge in [0, 0.05) is 43.2 Å². The number of carbonyl (C=O) groups is 2. The van der Waals surface area contributed by atoms with Crippen molar-refractivity contribution in [1.29, 1.82) is 0 Å². The Morgan fingerprint density at radius 3 is 2.88 bits per heavy atom. The molecular formula is C20H20FNO3S. The van der Waals surface area contributed by atoms with Crippen LogP contribution < -0.4 is 4.74 Å². The summed E-state index contributed by atoms with van der Waals surface area (Å²) >= 11 is 1.32. The fraction of sp³-hybridized carbons (Fsp3) is 0.400. The van der Waals surface area contributed by atoms with E-state index in [2.05, 4.69) is 0 Å². The van der Waals surface area contributed by atoms with Crippen molar-refractivity contribution < 1.29 is 25.6 Å². The van der Waals surface area contributed by atoms with Gasteiger partial charge in [0.1, 0.15) is 5.82 Å². The van der Waals surface area contributed by atoms with Crippen molar-refractivity contribution >= 4 is 23.1 Å². The first-order chi connectivity index (χ1) is 14.4. The quantitative estimate of drug-likeness (QED) is 0.741. The maximum atomic E-state index is 14.7. The molecule has 1 aliphatic carbocycles. The Morgan fingerprint density at radius 2 is 2.19 bits per heavy atom. The van der Waals surface area contributed by atoms with E-state index in [9.17, 15) is 14.0 Å². The van der Waals surface area contributed by atoms with Gasteiger partial charge in [-0.3, -0.25) is 14.5 Å². The van der Waals surface area contributed by atoms with Gasteiger partial charge in [0.05, 0.1) is 6.04 Å². The second-order valence-electron chi connectivity index (χ2n) is 6.24. The fourth-order valence-electron chi connectivity index (χ4n) is 3.23. The van der Waals surface area contributed by atoms with Crippen molar-refractivity contribution in [3.8, 4) is 5.06 Å². The van der Waals surface area contributed by atoms with Gasteiger partial charge in [0.25, 0.3) is 0 Å². The van der Waals surface area contributed by atoms with Gasteiger partial charge >= 0.3 is 5.97 Å². The number of hydrogen-bond acceptors (Lipinski definition) is 5. The minimum Gasteiger partial charge on any atom is -0.416 e. The Labute approximate surface area is 162 Å². The SMILES string of the molecule is [2H]C1([2H])C([2H])([2H])C1([2H])C(=O)C(c1ccccc1F)N1CCc2sc(OC(C)=O)cc2C1. The smallest absolute Gasteiger partial charge is 0.308 e. The first-order valence-corrected chi connectivity index (χ1v) is 9.06. The standard InChI is InChI=1S/C20H20FNO3S/c1-12(23)25-18-10-14-11-22(9-8-17(14)26-18)19(20(24)13-6-7-13)15-4-2-3-5-16(15)21/h2-5,10,13,19H,6-9,11H2,1H3/i6D2,7D2,13D. The van der Waals surface area contributed by atoms with Crippen molar-refractivity contribution in [3.63, 3.8) is 0 Å². The van der Waals surface area contributed by atoms with Crippen LogP contribution in [0.25, 0.3) is 0 Å². The molecule has 136 valence electrons. The molecule has 2 aromatic rings. The number of Topliss-reactive ketones (excluding diaryl/α,β-unsaturated/α-hetero) is 1. The summed E-state index contributed by atoms with van der Waals surface area (Å²) in [5.74, 6) is -4.77. The maximum absolute atomic E-state index is 14.7.